The van der Waals surface area contributed by atoms with Gasteiger partial charge in [-0.1, -0.05) is 21.6 Å². The Morgan fingerprint density at radius 2 is 0.735 bits per heavy atom. The van der Waals surface area contributed by atoms with Gasteiger partial charge in [-0.2, -0.15) is 0 Å². The van der Waals surface area contributed by atoms with Crippen LogP contribution < -0.4 is 0 Å². The quantitative estimate of drug-likeness (QED) is 0.0947. The summed E-state index contributed by atoms with van der Waals surface area (Å²) in [5.41, 5.74) is 0. The van der Waals surface area contributed by atoms with E-state index in [4.69, 9.17) is 28.4 Å². The number of hydrogen-bond acceptors (Lipinski definition) is 14. The molecule has 0 aromatic heterocycles. The fraction of sp³-hybridized carbons (Fsp3) is 1.00. The first-order valence-corrected chi connectivity index (χ1v) is 19.4. The van der Waals surface area contributed by atoms with Gasteiger partial charge in [0.2, 0.25) is 19.7 Å². The van der Waals surface area contributed by atoms with E-state index < -0.39 is 30.3 Å². The maximum Gasteiger partial charge on any atom is 0.393 e. The Balaban J connectivity index is 4.64. The molecule has 10 nitrogen and oxygen atoms in total. The summed E-state index contributed by atoms with van der Waals surface area (Å²) in [6, 6.07) is 0. The molecule has 34 heavy (non-hydrogen) atoms. The van der Waals surface area contributed by atoms with Gasteiger partial charge in [0.1, 0.15) is 0 Å². The minimum Gasteiger partial charge on any atom is -0.315 e. The molecule has 206 valence electrons. The van der Waals surface area contributed by atoms with E-state index in [0.29, 0.717) is 0 Å². The van der Waals surface area contributed by atoms with Crippen molar-refractivity contribution in [2.45, 2.75) is 52.2 Å². The second kappa shape index (κ2) is 18.3. The summed E-state index contributed by atoms with van der Waals surface area (Å²) in [6.07, 6.45) is 0. The van der Waals surface area contributed by atoms with Gasteiger partial charge in [0.25, 0.3) is 0 Å². The molecule has 0 N–H and O–H groups in total. The maximum absolute atomic E-state index is 12.8. The van der Waals surface area contributed by atoms with Crippen LogP contribution in [0, 0.1) is 0 Å². The van der Waals surface area contributed by atoms with Crippen LogP contribution >= 0.6 is 41.2 Å². The first-order valence-electron chi connectivity index (χ1n) is 10.9. The number of ether oxygens (including phenoxy) is 6. The Morgan fingerprint density at radius 1 is 0.500 bits per heavy atom. The van der Waals surface area contributed by atoms with Gasteiger partial charge in [-0.3, -0.25) is 0 Å². The van der Waals surface area contributed by atoms with Crippen molar-refractivity contribution in [3.63, 3.8) is 0 Å². The van der Waals surface area contributed by atoms with Gasteiger partial charge in [-0.05, 0) is 61.2 Å². The summed E-state index contributed by atoms with van der Waals surface area (Å²) in [7, 11) is -2.35. The van der Waals surface area contributed by atoms with Crippen molar-refractivity contribution in [2.24, 2.45) is 0 Å². The average molecular weight is 607 g/mol. The van der Waals surface area contributed by atoms with Crippen LogP contribution in [0.5, 0.6) is 0 Å². The smallest absolute Gasteiger partial charge is 0.315 e. The summed E-state index contributed by atoms with van der Waals surface area (Å²) in [5, 5.41) is -4.19. The van der Waals surface area contributed by atoms with Crippen LogP contribution in [-0.2, 0) is 48.1 Å². The van der Waals surface area contributed by atoms with E-state index in [2.05, 4.69) is 0 Å². The molecule has 0 bridgehead atoms. The van der Waals surface area contributed by atoms with E-state index in [1.54, 1.807) is 41.5 Å². The van der Waals surface area contributed by atoms with Crippen LogP contribution in [-0.4, -0.2) is 90.1 Å². The highest BCUT2D eigenvalue weighted by molar-refractivity contribution is 9.26. The van der Waals surface area contributed by atoms with Crippen LogP contribution in [0.1, 0.15) is 41.5 Å². The zero-order valence-electron chi connectivity index (χ0n) is 20.6. The zero-order chi connectivity index (χ0) is 26.1. The molecule has 0 rings (SSSR count). The Morgan fingerprint density at radius 3 is 0.941 bits per heavy atom. The number of hydrogen-bond donors (Lipinski definition) is 0. The fourth-order valence-corrected chi connectivity index (χ4v) is 13.2. The first kappa shape index (κ1) is 35.1. The van der Waals surface area contributed by atoms with Gasteiger partial charge >= 0.3 is 10.6 Å². The van der Waals surface area contributed by atoms with Crippen LogP contribution in [0.4, 0.5) is 0 Å². The predicted molar refractivity (Wildman–Crippen MR) is 143 cm³/mol. The summed E-state index contributed by atoms with van der Waals surface area (Å²) >= 11 is 0. The molecule has 0 fully saturated rings. The molecule has 0 saturated carbocycles. The average Bonchev–Trinajstić information content (AvgIpc) is 2.76. The third-order valence-electron chi connectivity index (χ3n) is 3.68. The number of sulfone groups is 2. The number of rotatable bonds is 23. The highest BCUT2D eigenvalue weighted by atomic mass is 33.7. The van der Waals surface area contributed by atoms with E-state index in [0.717, 1.165) is 0 Å². The molecule has 0 heterocycles. The largest absolute Gasteiger partial charge is 0.393 e. The molecule has 0 aromatic carbocycles. The van der Waals surface area contributed by atoms with E-state index in [-0.39, 0.29) is 62.7 Å². The molecular weight excluding hydrogens is 569 g/mol. The first-order chi connectivity index (χ1) is 16.1. The van der Waals surface area contributed by atoms with Gasteiger partial charge in [-0.25, -0.2) is 16.8 Å². The standard InChI is InChI=1S/C18H38O10S6/c1-7-23-17(24-8-2,25-9-3)33(19,20)15-13-29-31-32-30-14-16-34(21,22)18(26-10-4,27-11-5)28-12-6/h7-16H2,1-6H3. The highest BCUT2D eigenvalue weighted by Gasteiger charge is 2.48. The van der Waals surface area contributed by atoms with E-state index in [1.165, 1.54) is 41.2 Å². The second-order valence-corrected chi connectivity index (χ2v) is 16.5. The maximum atomic E-state index is 12.8. The fourth-order valence-electron chi connectivity index (χ4n) is 2.49. The summed E-state index contributed by atoms with van der Waals surface area (Å²) in [6.45, 7) is 10.7. The Labute approximate surface area is 220 Å². The SMILES string of the molecule is CCOC(OCC)(OCC)S(=O)(=O)CCSSSSCCS(=O)(=O)C(OCC)(OCC)OCC. The van der Waals surface area contributed by atoms with Crippen LogP contribution in [0.2, 0.25) is 0 Å². The molecular formula is C18H38O10S6. The molecule has 0 saturated heterocycles. The highest BCUT2D eigenvalue weighted by Crippen LogP contribution is 2.43. The zero-order valence-corrected chi connectivity index (χ0v) is 25.5. The third-order valence-corrected chi connectivity index (χ3v) is 14.4. The molecule has 0 unspecified atom stereocenters. The normalized spacial score (nSPS) is 13.5. The summed E-state index contributed by atoms with van der Waals surface area (Å²) in [4.78, 5) is 0. The molecule has 0 aliphatic heterocycles. The lowest BCUT2D eigenvalue weighted by atomic mass is 10.8. The van der Waals surface area contributed by atoms with Gasteiger partial charge < -0.3 is 28.4 Å². The van der Waals surface area contributed by atoms with Crippen molar-refractivity contribution in [1.82, 2.24) is 0 Å². The minimum atomic E-state index is -3.86. The van der Waals surface area contributed by atoms with Gasteiger partial charge in [0.15, 0.2) is 0 Å². The molecule has 0 aromatic rings. The summed E-state index contributed by atoms with van der Waals surface area (Å²) in [5.74, 6) is 0.139. The topological polar surface area (TPSA) is 124 Å². The van der Waals surface area contributed by atoms with Crippen molar-refractivity contribution in [2.75, 3.05) is 62.7 Å². The van der Waals surface area contributed by atoms with E-state index in [1.807, 2.05) is 0 Å². The Kier molecular flexibility index (Phi) is 18.9. The monoisotopic (exact) mass is 606 g/mol. The molecule has 0 radical (unpaired) electrons. The molecule has 0 spiro atoms. The second-order valence-electron chi connectivity index (χ2n) is 6.02. The molecule has 0 aliphatic rings. The lowest BCUT2D eigenvalue weighted by molar-refractivity contribution is -0.318. The predicted octanol–water partition coefficient (Wildman–Crippen LogP) is 3.94. The van der Waals surface area contributed by atoms with Crippen molar-refractivity contribution in [1.29, 1.82) is 0 Å². The van der Waals surface area contributed by atoms with Crippen molar-refractivity contribution in [3.05, 3.63) is 0 Å². The molecule has 0 atom stereocenters. The van der Waals surface area contributed by atoms with Gasteiger partial charge in [0.05, 0.1) is 51.1 Å². The van der Waals surface area contributed by atoms with Crippen LogP contribution in [0.15, 0.2) is 0 Å². The lowest BCUT2D eigenvalue weighted by Crippen LogP contribution is -2.48. The minimum absolute atomic E-state index is 0.119. The van der Waals surface area contributed by atoms with E-state index >= 15 is 0 Å². The lowest BCUT2D eigenvalue weighted by Gasteiger charge is -2.31. The third kappa shape index (κ3) is 10.8. The Hall–Kier alpha value is 1.06. The molecule has 0 amide bonds. The van der Waals surface area contributed by atoms with Crippen LogP contribution in [0.25, 0.3) is 0 Å². The van der Waals surface area contributed by atoms with Crippen LogP contribution in [0.3, 0.4) is 0 Å². The molecule has 16 heteroatoms. The van der Waals surface area contributed by atoms with E-state index in [9.17, 15) is 16.8 Å². The van der Waals surface area contributed by atoms with Gasteiger partial charge in [0, 0.05) is 11.5 Å². The molecule has 0 aliphatic carbocycles. The van der Waals surface area contributed by atoms with Gasteiger partial charge in [-0.15, -0.1) is 0 Å². The van der Waals surface area contributed by atoms with Crippen molar-refractivity contribution < 1.29 is 45.3 Å². The summed E-state index contributed by atoms with van der Waals surface area (Å²) < 4.78 is 83.3. The Bertz CT molecular complexity index is 635. The van der Waals surface area contributed by atoms with Crippen molar-refractivity contribution in [3.8, 4) is 0 Å². The van der Waals surface area contributed by atoms with Crippen molar-refractivity contribution >= 4 is 60.9 Å².